The van der Waals surface area contributed by atoms with Gasteiger partial charge in [0.25, 0.3) is 0 Å². The molecule has 0 amide bonds. The summed E-state index contributed by atoms with van der Waals surface area (Å²) in [6, 6.07) is 5.72. The van der Waals surface area contributed by atoms with Crippen molar-refractivity contribution in [1.29, 1.82) is 0 Å². The first kappa shape index (κ1) is 16.4. The summed E-state index contributed by atoms with van der Waals surface area (Å²) in [5, 5.41) is 6.67. The summed E-state index contributed by atoms with van der Waals surface area (Å²) in [5.41, 5.74) is 0.911. The van der Waals surface area contributed by atoms with Gasteiger partial charge < -0.3 is 25.0 Å². The second-order valence-electron chi connectivity index (χ2n) is 5.56. The van der Waals surface area contributed by atoms with Gasteiger partial charge in [-0.2, -0.15) is 0 Å². The van der Waals surface area contributed by atoms with Gasteiger partial charge in [0.2, 0.25) is 0 Å². The average Bonchev–Trinajstić information content (AvgIpc) is 2.96. The molecule has 2 N–H and O–H groups in total. The van der Waals surface area contributed by atoms with Crippen LogP contribution in [-0.2, 0) is 0 Å². The van der Waals surface area contributed by atoms with Crippen LogP contribution in [0, 0.1) is 5.92 Å². The molecule has 1 aliphatic rings. The monoisotopic (exact) mass is 306 g/mol. The molecule has 0 aliphatic carbocycles. The lowest BCUT2D eigenvalue weighted by Gasteiger charge is -2.16. The van der Waals surface area contributed by atoms with E-state index in [4.69, 9.17) is 9.47 Å². The molecule has 1 heterocycles. The Balaban J connectivity index is 1.92. The quantitative estimate of drug-likeness (QED) is 0.640. The molecule has 6 nitrogen and oxygen atoms in total. The van der Waals surface area contributed by atoms with Crippen molar-refractivity contribution in [3.8, 4) is 11.5 Å². The van der Waals surface area contributed by atoms with Crippen LogP contribution in [0.15, 0.2) is 23.2 Å². The Labute approximate surface area is 132 Å². The van der Waals surface area contributed by atoms with E-state index in [0.717, 1.165) is 24.7 Å². The molecular formula is C16H26N4O2. The predicted molar refractivity (Wildman–Crippen MR) is 90.1 cm³/mol. The maximum Gasteiger partial charge on any atom is 0.195 e. The standard InChI is InChI=1S/C16H26N4O2/c1-17-16(18-10-12-7-8-20(2)11-12)19-13-5-6-14(21-3)15(9-13)22-4/h5-6,9,12H,7-8,10-11H2,1-4H3,(H2,17,18,19). The maximum atomic E-state index is 5.31. The molecule has 0 saturated carbocycles. The molecule has 122 valence electrons. The van der Waals surface area contributed by atoms with Gasteiger partial charge in [-0.15, -0.1) is 0 Å². The lowest BCUT2D eigenvalue weighted by Crippen LogP contribution is -2.35. The third-order valence-electron chi connectivity index (χ3n) is 3.92. The van der Waals surface area contributed by atoms with Crippen LogP contribution in [0.1, 0.15) is 6.42 Å². The summed E-state index contributed by atoms with van der Waals surface area (Å²) in [4.78, 5) is 6.63. The van der Waals surface area contributed by atoms with E-state index in [0.29, 0.717) is 17.4 Å². The largest absolute Gasteiger partial charge is 0.493 e. The van der Waals surface area contributed by atoms with Gasteiger partial charge in [-0.3, -0.25) is 4.99 Å². The Hall–Kier alpha value is -1.95. The van der Waals surface area contributed by atoms with Gasteiger partial charge in [-0.25, -0.2) is 0 Å². The molecular weight excluding hydrogens is 280 g/mol. The fourth-order valence-corrected chi connectivity index (χ4v) is 2.66. The molecule has 22 heavy (non-hydrogen) atoms. The topological polar surface area (TPSA) is 58.1 Å². The van der Waals surface area contributed by atoms with Crippen molar-refractivity contribution in [1.82, 2.24) is 10.2 Å². The number of ether oxygens (including phenoxy) is 2. The van der Waals surface area contributed by atoms with E-state index in [1.807, 2.05) is 18.2 Å². The van der Waals surface area contributed by atoms with Gasteiger partial charge >= 0.3 is 0 Å². The van der Waals surface area contributed by atoms with Crippen molar-refractivity contribution < 1.29 is 9.47 Å². The van der Waals surface area contributed by atoms with E-state index < -0.39 is 0 Å². The number of aliphatic imine (C=N–C) groups is 1. The summed E-state index contributed by atoms with van der Waals surface area (Å²) in [6.07, 6.45) is 1.23. The van der Waals surface area contributed by atoms with Crippen molar-refractivity contribution in [3.63, 3.8) is 0 Å². The minimum Gasteiger partial charge on any atom is -0.493 e. The van der Waals surface area contributed by atoms with E-state index >= 15 is 0 Å². The molecule has 1 aromatic rings. The number of anilines is 1. The van der Waals surface area contributed by atoms with Crippen molar-refractivity contribution in [2.24, 2.45) is 10.9 Å². The second-order valence-corrected chi connectivity index (χ2v) is 5.56. The molecule has 2 rings (SSSR count). The molecule has 1 aliphatic heterocycles. The maximum absolute atomic E-state index is 5.31. The Morgan fingerprint density at radius 2 is 2.09 bits per heavy atom. The molecule has 0 radical (unpaired) electrons. The van der Waals surface area contributed by atoms with E-state index in [2.05, 4.69) is 27.6 Å². The van der Waals surface area contributed by atoms with E-state index in [-0.39, 0.29) is 0 Å². The minimum atomic E-state index is 0.675. The lowest BCUT2D eigenvalue weighted by atomic mass is 10.1. The molecule has 0 aromatic heterocycles. The smallest absolute Gasteiger partial charge is 0.195 e. The summed E-state index contributed by atoms with van der Waals surface area (Å²) >= 11 is 0. The number of methoxy groups -OCH3 is 2. The first-order valence-electron chi connectivity index (χ1n) is 7.54. The SMILES string of the molecule is CN=C(NCC1CCN(C)C1)Nc1ccc(OC)c(OC)c1. The zero-order valence-electron chi connectivity index (χ0n) is 13.8. The van der Waals surface area contributed by atoms with Crippen molar-refractivity contribution in [2.75, 3.05) is 53.3 Å². The number of nitrogens with one attached hydrogen (secondary N) is 2. The van der Waals surface area contributed by atoms with Gasteiger partial charge in [0.15, 0.2) is 17.5 Å². The average molecular weight is 306 g/mol. The Morgan fingerprint density at radius 1 is 1.32 bits per heavy atom. The van der Waals surface area contributed by atoms with Crippen LogP contribution in [-0.4, -0.2) is 58.8 Å². The van der Waals surface area contributed by atoms with Gasteiger partial charge in [-0.05, 0) is 38.1 Å². The van der Waals surface area contributed by atoms with Crippen LogP contribution in [0.3, 0.4) is 0 Å². The molecule has 1 atom stereocenters. The van der Waals surface area contributed by atoms with Crippen LogP contribution in [0.2, 0.25) is 0 Å². The highest BCUT2D eigenvalue weighted by Crippen LogP contribution is 2.29. The highest BCUT2D eigenvalue weighted by atomic mass is 16.5. The fraction of sp³-hybridized carbons (Fsp3) is 0.562. The van der Waals surface area contributed by atoms with E-state index in [1.165, 1.54) is 13.0 Å². The van der Waals surface area contributed by atoms with E-state index in [9.17, 15) is 0 Å². The highest BCUT2D eigenvalue weighted by Gasteiger charge is 2.19. The molecule has 0 spiro atoms. The minimum absolute atomic E-state index is 0.675. The summed E-state index contributed by atoms with van der Waals surface area (Å²) in [7, 11) is 7.20. The second kappa shape index (κ2) is 7.89. The van der Waals surface area contributed by atoms with Gasteiger partial charge in [0, 0.05) is 31.9 Å². The first-order valence-corrected chi connectivity index (χ1v) is 7.54. The summed E-state index contributed by atoms with van der Waals surface area (Å²) in [5.74, 6) is 2.85. The first-order chi connectivity index (χ1) is 10.7. The fourth-order valence-electron chi connectivity index (χ4n) is 2.66. The number of rotatable bonds is 5. The van der Waals surface area contributed by atoms with Crippen LogP contribution in [0.4, 0.5) is 5.69 Å². The van der Waals surface area contributed by atoms with Crippen molar-refractivity contribution >= 4 is 11.6 Å². The molecule has 1 unspecified atom stereocenters. The Bertz CT molecular complexity index is 519. The van der Waals surface area contributed by atoms with Crippen LogP contribution in [0.5, 0.6) is 11.5 Å². The third kappa shape index (κ3) is 4.27. The number of hydrogen-bond donors (Lipinski definition) is 2. The third-order valence-corrected chi connectivity index (χ3v) is 3.92. The normalized spacial score (nSPS) is 19.1. The van der Waals surface area contributed by atoms with Gasteiger partial charge in [0.1, 0.15) is 0 Å². The zero-order valence-corrected chi connectivity index (χ0v) is 13.8. The highest BCUT2D eigenvalue weighted by molar-refractivity contribution is 5.93. The number of likely N-dealkylation sites (tertiary alicyclic amines) is 1. The summed E-state index contributed by atoms with van der Waals surface area (Å²) in [6.45, 7) is 3.24. The Morgan fingerprint density at radius 3 is 2.68 bits per heavy atom. The van der Waals surface area contributed by atoms with Crippen LogP contribution < -0.4 is 20.1 Å². The van der Waals surface area contributed by atoms with Crippen molar-refractivity contribution in [3.05, 3.63) is 18.2 Å². The number of benzene rings is 1. The van der Waals surface area contributed by atoms with Crippen LogP contribution in [0.25, 0.3) is 0 Å². The molecule has 0 bridgehead atoms. The molecule has 1 fully saturated rings. The van der Waals surface area contributed by atoms with E-state index in [1.54, 1.807) is 21.3 Å². The van der Waals surface area contributed by atoms with Gasteiger partial charge in [-0.1, -0.05) is 0 Å². The van der Waals surface area contributed by atoms with Crippen LogP contribution >= 0.6 is 0 Å². The Kier molecular flexibility index (Phi) is 5.89. The zero-order chi connectivity index (χ0) is 15.9. The molecule has 6 heteroatoms. The number of nitrogens with zero attached hydrogens (tertiary/aromatic N) is 2. The predicted octanol–water partition coefficient (Wildman–Crippen LogP) is 1.64. The lowest BCUT2D eigenvalue weighted by molar-refractivity contribution is 0.355. The van der Waals surface area contributed by atoms with Gasteiger partial charge in [0.05, 0.1) is 14.2 Å². The molecule has 1 aromatic carbocycles. The summed E-state index contributed by atoms with van der Waals surface area (Å²) < 4.78 is 10.6. The number of guanidine groups is 1. The molecule has 1 saturated heterocycles. The van der Waals surface area contributed by atoms with Crippen molar-refractivity contribution in [2.45, 2.75) is 6.42 Å². The number of hydrogen-bond acceptors (Lipinski definition) is 4.